The molecule has 1 aromatic heterocycles. The molecule has 3 rings (SSSR count). The second-order valence-electron chi connectivity index (χ2n) is 5.92. The molecule has 4 heteroatoms. The van der Waals surface area contributed by atoms with Crippen molar-refractivity contribution in [1.29, 1.82) is 0 Å². The van der Waals surface area contributed by atoms with Gasteiger partial charge in [0.05, 0.1) is 0 Å². The van der Waals surface area contributed by atoms with Crippen molar-refractivity contribution >= 4 is 11.7 Å². The fourth-order valence-electron chi connectivity index (χ4n) is 3.18. The summed E-state index contributed by atoms with van der Waals surface area (Å²) in [5.41, 5.74) is 1.08. The first-order valence-electron chi connectivity index (χ1n) is 7.80. The predicted molar refractivity (Wildman–Crippen MR) is 79.5 cm³/mol. The molecule has 0 unspecified atom stereocenters. The molecule has 2 aliphatic rings. The van der Waals surface area contributed by atoms with E-state index in [2.05, 4.69) is 27.3 Å². The van der Waals surface area contributed by atoms with E-state index >= 15 is 0 Å². The van der Waals surface area contributed by atoms with Crippen LogP contribution in [0.15, 0.2) is 18.3 Å². The van der Waals surface area contributed by atoms with Crippen molar-refractivity contribution in [3.63, 3.8) is 0 Å². The number of nitrogens with zero attached hydrogens (tertiary/aromatic N) is 2. The Balaban J connectivity index is 1.51. The van der Waals surface area contributed by atoms with Crippen LogP contribution >= 0.6 is 0 Å². The first kappa shape index (κ1) is 13.4. The zero-order valence-electron chi connectivity index (χ0n) is 12.0. The number of anilines is 1. The highest BCUT2D eigenvalue weighted by atomic mass is 16.1. The summed E-state index contributed by atoms with van der Waals surface area (Å²) in [5, 5.41) is 3.04. The molecule has 1 aromatic rings. The van der Waals surface area contributed by atoms with Gasteiger partial charge in [-0.05, 0) is 37.3 Å². The van der Waals surface area contributed by atoms with Crippen LogP contribution in [-0.2, 0) is 11.3 Å². The number of rotatable bonds is 4. The Bertz CT molecular complexity index is 445. The van der Waals surface area contributed by atoms with Crippen LogP contribution in [0.5, 0.6) is 0 Å². The van der Waals surface area contributed by atoms with E-state index in [4.69, 9.17) is 0 Å². The lowest BCUT2D eigenvalue weighted by molar-refractivity contribution is -0.124. The molecular weight excluding hydrogens is 250 g/mol. The molecule has 2 fully saturated rings. The fraction of sp³-hybridized carbons (Fsp3) is 0.625. The average Bonchev–Trinajstić information content (AvgIpc) is 3.18. The van der Waals surface area contributed by atoms with Crippen molar-refractivity contribution in [3.8, 4) is 0 Å². The number of hydrogen-bond acceptors (Lipinski definition) is 3. The Hall–Kier alpha value is -1.58. The normalized spacial score (nSPS) is 19.5. The molecule has 0 atom stereocenters. The van der Waals surface area contributed by atoms with Crippen LogP contribution in [0.4, 0.5) is 5.82 Å². The lowest BCUT2D eigenvalue weighted by Crippen LogP contribution is -2.28. The monoisotopic (exact) mass is 273 g/mol. The Labute approximate surface area is 120 Å². The SMILES string of the molecule is O=C(NCc1ccc(N2CCCC2)nc1)C1CCCC1. The Morgan fingerprint density at radius 1 is 1.20 bits per heavy atom. The van der Waals surface area contributed by atoms with Gasteiger partial charge < -0.3 is 10.2 Å². The number of pyridine rings is 1. The molecule has 1 saturated carbocycles. The van der Waals surface area contributed by atoms with Gasteiger partial charge in [0.1, 0.15) is 5.82 Å². The summed E-state index contributed by atoms with van der Waals surface area (Å²) in [6.45, 7) is 2.83. The molecule has 1 aliphatic heterocycles. The van der Waals surface area contributed by atoms with Gasteiger partial charge in [0.15, 0.2) is 0 Å². The summed E-state index contributed by atoms with van der Waals surface area (Å²) in [5.74, 6) is 1.52. The molecule has 20 heavy (non-hydrogen) atoms. The molecule has 1 saturated heterocycles. The quantitative estimate of drug-likeness (QED) is 0.916. The molecule has 0 bridgehead atoms. The smallest absolute Gasteiger partial charge is 0.223 e. The second-order valence-corrected chi connectivity index (χ2v) is 5.92. The van der Waals surface area contributed by atoms with Gasteiger partial charge >= 0.3 is 0 Å². The average molecular weight is 273 g/mol. The Morgan fingerprint density at radius 2 is 1.95 bits per heavy atom. The van der Waals surface area contributed by atoms with E-state index in [1.165, 1.54) is 25.7 Å². The van der Waals surface area contributed by atoms with Gasteiger partial charge in [0.25, 0.3) is 0 Å². The van der Waals surface area contributed by atoms with E-state index in [0.717, 1.165) is 37.3 Å². The van der Waals surface area contributed by atoms with E-state index in [1.807, 2.05) is 6.20 Å². The molecule has 108 valence electrons. The third-order valence-corrected chi connectivity index (χ3v) is 4.43. The molecule has 1 N–H and O–H groups in total. The van der Waals surface area contributed by atoms with Crippen LogP contribution < -0.4 is 10.2 Å². The van der Waals surface area contributed by atoms with E-state index < -0.39 is 0 Å². The van der Waals surface area contributed by atoms with Crippen LogP contribution in [0.1, 0.15) is 44.1 Å². The zero-order chi connectivity index (χ0) is 13.8. The lowest BCUT2D eigenvalue weighted by atomic mass is 10.1. The Morgan fingerprint density at radius 3 is 2.60 bits per heavy atom. The highest BCUT2D eigenvalue weighted by Crippen LogP contribution is 2.24. The Kier molecular flexibility index (Phi) is 4.19. The van der Waals surface area contributed by atoms with Gasteiger partial charge in [-0.2, -0.15) is 0 Å². The maximum absolute atomic E-state index is 12.0. The molecule has 1 amide bonds. The van der Waals surface area contributed by atoms with Gasteiger partial charge in [-0.15, -0.1) is 0 Å². The maximum Gasteiger partial charge on any atom is 0.223 e. The number of nitrogens with one attached hydrogen (secondary N) is 1. The van der Waals surface area contributed by atoms with Crippen LogP contribution in [0.3, 0.4) is 0 Å². The minimum atomic E-state index is 0.214. The minimum absolute atomic E-state index is 0.214. The summed E-state index contributed by atoms with van der Waals surface area (Å²) >= 11 is 0. The van der Waals surface area contributed by atoms with Crippen molar-refractivity contribution in [3.05, 3.63) is 23.9 Å². The highest BCUT2D eigenvalue weighted by Gasteiger charge is 2.22. The number of hydrogen-bond donors (Lipinski definition) is 1. The van der Waals surface area contributed by atoms with E-state index in [-0.39, 0.29) is 11.8 Å². The van der Waals surface area contributed by atoms with Gasteiger partial charge in [0.2, 0.25) is 5.91 Å². The van der Waals surface area contributed by atoms with Gasteiger partial charge in [-0.1, -0.05) is 18.9 Å². The molecule has 4 nitrogen and oxygen atoms in total. The first-order chi connectivity index (χ1) is 9.83. The molecule has 0 spiro atoms. The van der Waals surface area contributed by atoms with E-state index in [1.54, 1.807) is 0 Å². The number of amides is 1. The van der Waals surface area contributed by atoms with Gasteiger partial charge in [0, 0.05) is 31.7 Å². The summed E-state index contributed by atoms with van der Waals surface area (Å²) in [6.07, 6.45) is 8.93. The maximum atomic E-state index is 12.0. The number of aromatic nitrogens is 1. The standard InChI is InChI=1S/C16H23N3O/c20-16(14-5-1-2-6-14)18-12-13-7-8-15(17-11-13)19-9-3-4-10-19/h7-8,11,14H,1-6,9-10,12H2,(H,18,20). The van der Waals surface area contributed by atoms with E-state index in [9.17, 15) is 4.79 Å². The zero-order valence-corrected chi connectivity index (χ0v) is 12.0. The first-order valence-corrected chi connectivity index (χ1v) is 7.80. The largest absolute Gasteiger partial charge is 0.357 e. The summed E-state index contributed by atoms with van der Waals surface area (Å²) < 4.78 is 0. The summed E-state index contributed by atoms with van der Waals surface area (Å²) in [6, 6.07) is 4.15. The summed E-state index contributed by atoms with van der Waals surface area (Å²) in [4.78, 5) is 18.8. The topological polar surface area (TPSA) is 45.2 Å². The fourth-order valence-corrected chi connectivity index (χ4v) is 3.18. The molecular formula is C16H23N3O. The molecule has 2 heterocycles. The molecule has 0 radical (unpaired) electrons. The second kappa shape index (κ2) is 6.25. The number of carbonyl (C=O) groups excluding carboxylic acids is 1. The van der Waals surface area contributed by atoms with Crippen molar-refractivity contribution < 1.29 is 4.79 Å². The van der Waals surface area contributed by atoms with E-state index in [0.29, 0.717) is 6.54 Å². The van der Waals surface area contributed by atoms with Crippen LogP contribution in [0.2, 0.25) is 0 Å². The highest BCUT2D eigenvalue weighted by molar-refractivity contribution is 5.78. The van der Waals surface area contributed by atoms with Crippen molar-refractivity contribution in [1.82, 2.24) is 10.3 Å². The molecule has 1 aliphatic carbocycles. The van der Waals surface area contributed by atoms with Crippen LogP contribution in [0, 0.1) is 5.92 Å². The number of carbonyl (C=O) groups is 1. The van der Waals surface area contributed by atoms with Crippen molar-refractivity contribution in [2.24, 2.45) is 5.92 Å². The predicted octanol–water partition coefficient (Wildman–Crippen LogP) is 2.49. The summed E-state index contributed by atoms with van der Waals surface area (Å²) in [7, 11) is 0. The van der Waals surface area contributed by atoms with Gasteiger partial charge in [-0.25, -0.2) is 4.98 Å². The third kappa shape index (κ3) is 3.11. The van der Waals surface area contributed by atoms with Crippen LogP contribution in [-0.4, -0.2) is 24.0 Å². The van der Waals surface area contributed by atoms with Crippen molar-refractivity contribution in [2.45, 2.75) is 45.1 Å². The third-order valence-electron chi connectivity index (χ3n) is 4.43. The molecule has 0 aromatic carbocycles. The van der Waals surface area contributed by atoms with Crippen molar-refractivity contribution in [2.75, 3.05) is 18.0 Å². The van der Waals surface area contributed by atoms with Crippen LogP contribution in [0.25, 0.3) is 0 Å². The minimum Gasteiger partial charge on any atom is -0.357 e. The lowest BCUT2D eigenvalue weighted by Gasteiger charge is -2.16. The van der Waals surface area contributed by atoms with Gasteiger partial charge in [-0.3, -0.25) is 4.79 Å².